The molecule has 0 aromatic heterocycles. The average Bonchev–Trinajstić information content (AvgIpc) is 3.44. The minimum atomic E-state index is -2.07. The Kier molecular flexibility index (Phi) is 29.1. The van der Waals surface area contributed by atoms with E-state index in [1.165, 1.54) is 5.57 Å². The second-order valence-corrected chi connectivity index (χ2v) is 122. The maximum Gasteiger partial charge on any atom is 0.509 e. The van der Waals surface area contributed by atoms with Gasteiger partial charge < -0.3 is 33.8 Å². The van der Waals surface area contributed by atoms with Crippen molar-refractivity contribution in [2.24, 2.45) is 16.7 Å². The predicted octanol–water partition coefficient (Wildman–Crippen LogP) is 18.6. The lowest BCUT2D eigenvalue weighted by molar-refractivity contribution is -0.267. The van der Waals surface area contributed by atoms with Crippen molar-refractivity contribution in [3.05, 3.63) is 11.1 Å². The van der Waals surface area contributed by atoms with Gasteiger partial charge in [-0.2, -0.15) is 0 Å². The molecule has 2 bridgehead atoms. The van der Waals surface area contributed by atoms with Crippen molar-refractivity contribution in [2.75, 3.05) is 6.61 Å². The maximum absolute atomic E-state index is 14.2. The van der Waals surface area contributed by atoms with Gasteiger partial charge in [0.2, 0.25) is 0 Å². The molecule has 27 unspecified atom stereocenters. The molecule has 348 valence electrons. The summed E-state index contributed by atoms with van der Waals surface area (Å²) in [5.74, 6) is -1.00. The highest BCUT2D eigenvalue weighted by atomic mass is 33.2. The maximum atomic E-state index is 14.2. The number of fused-ring (bicyclic) bond motifs is 3. The topological polar surface area (TPSA) is 132 Å². The Hall–Kier alpha value is 11.4. The van der Waals surface area contributed by atoms with Gasteiger partial charge in [0.05, 0.1) is 47.0 Å². The molecule has 60 heavy (non-hydrogen) atoms. The number of hydrogen-bond acceptors (Lipinski definition) is 9. The number of hydrogen-bond donors (Lipinski definition) is 3. The second kappa shape index (κ2) is 27.3. The van der Waals surface area contributed by atoms with Crippen LogP contribution in [-0.4, -0.2) is 69.4 Å². The van der Waals surface area contributed by atoms with Gasteiger partial charge in [-0.05, 0) is 82.1 Å². The molecule has 4 aliphatic rings. The molecule has 9 nitrogen and oxygen atoms in total. The zero-order chi connectivity index (χ0) is 45.8. The standard InChI is InChI=1S/C21H60O9P30/c1-9-11(48(58(46-26)54(38)39)60(56(42)43)57(44)45)7-21-16(27-17(24)28-21)15-19(4,13(5-12(23)20(15,25)8-22)30-49(51(32)33)52(34)35)6-10(14(9)18(21,2)3)29-50(53(36)37)59(47-31)55(40)41/h10-13,15-16,22-23,25,47H,5-8,31-45H2,1-4H3/t10?,11?,12?,13?,15?,16?,19-,20?,21?,48-,50?,58?,59?/m1/s1. The molecule has 1 heterocycles. The fraction of sp³-hybridized carbons (Fsp3) is 0.857. The lowest BCUT2D eigenvalue weighted by atomic mass is 9.46. The van der Waals surface area contributed by atoms with E-state index in [-0.39, 0.29) is 20.2 Å². The highest BCUT2D eigenvalue weighted by Gasteiger charge is 2.76. The van der Waals surface area contributed by atoms with Gasteiger partial charge in [-0.15, -0.1) is 134 Å². The van der Waals surface area contributed by atoms with E-state index in [1.54, 1.807) is 0 Å². The van der Waals surface area contributed by atoms with E-state index in [2.05, 4.69) is 162 Å². The molecule has 3 N–H and O–H groups in total. The van der Waals surface area contributed by atoms with Gasteiger partial charge in [-0.1, -0.05) is 34.3 Å². The zero-order valence-electron chi connectivity index (χ0n) is 33.0. The van der Waals surface area contributed by atoms with Gasteiger partial charge in [0.15, 0.2) is 19.9 Å². The molecular formula is C21H60O9P30. The van der Waals surface area contributed by atoms with Crippen LogP contribution >= 0.6 is 242 Å². The Balaban J connectivity index is 2.24. The van der Waals surface area contributed by atoms with E-state index in [4.69, 9.17) is 18.5 Å². The van der Waals surface area contributed by atoms with Crippen molar-refractivity contribution in [2.45, 2.75) is 88.2 Å². The van der Waals surface area contributed by atoms with Crippen LogP contribution in [0.3, 0.4) is 0 Å². The van der Waals surface area contributed by atoms with Gasteiger partial charge in [0, 0.05) is 42.2 Å². The summed E-state index contributed by atoms with van der Waals surface area (Å²) in [6, 6.07) is 0. The van der Waals surface area contributed by atoms with Gasteiger partial charge in [0.25, 0.3) is 0 Å². The largest absolute Gasteiger partial charge is 0.509 e. The van der Waals surface area contributed by atoms with Gasteiger partial charge >= 0.3 is 6.16 Å². The van der Waals surface area contributed by atoms with Crippen molar-refractivity contribution >= 4 is 248 Å². The van der Waals surface area contributed by atoms with E-state index >= 15 is 0 Å². The fourth-order valence-corrected chi connectivity index (χ4v) is 216. The van der Waals surface area contributed by atoms with E-state index in [9.17, 15) is 24.7 Å². The number of allylic oxidation sites excluding steroid dienone is 1. The SMILES string of the molecule is CC1=C2C(OP(P(P)P)P(PP)P(P)P)C[C@]3(C)C(OP(P(P)P)P(P)P)CC(O)C(O)(CO)C3C3OC(=O)OC3(CC1[P@](P(P=O)P(P)P)P(P(P)P)P(P)P)C2(C)C. The Bertz CT molecular complexity index is 1530. The van der Waals surface area contributed by atoms with Crippen molar-refractivity contribution in [3.8, 4) is 0 Å². The van der Waals surface area contributed by atoms with Crippen LogP contribution < -0.4 is 0 Å². The number of rotatable bonds is 18. The van der Waals surface area contributed by atoms with Crippen molar-refractivity contribution < 1.29 is 43.2 Å². The monoisotopic (exact) mass is 1390 g/mol. The molecule has 1 saturated heterocycles. The molecule has 4 rings (SSSR count). The third-order valence-electron chi connectivity index (χ3n) is 11.5. The zero-order valence-corrected chi connectivity index (χ0v) is 63.8. The first-order valence-electron chi connectivity index (χ1n) is 17.3. The van der Waals surface area contributed by atoms with Gasteiger partial charge in [0.1, 0.15) is 5.60 Å². The van der Waals surface area contributed by atoms with Crippen LogP contribution in [0, 0.1) is 16.7 Å². The van der Waals surface area contributed by atoms with Crippen LogP contribution in [0.4, 0.5) is 4.79 Å². The van der Waals surface area contributed by atoms with E-state index in [0.29, 0.717) is 20.8 Å². The minimum Gasteiger partial charge on any atom is -0.426 e. The minimum absolute atomic E-state index is 0.0915. The summed E-state index contributed by atoms with van der Waals surface area (Å²) in [6.45, 7) is 1.24. The Morgan fingerprint density at radius 3 is 1.82 bits per heavy atom. The van der Waals surface area contributed by atoms with Crippen molar-refractivity contribution in [1.29, 1.82) is 0 Å². The number of aliphatic hydroxyl groups is 3. The van der Waals surface area contributed by atoms with E-state index in [1.807, 2.05) is 0 Å². The van der Waals surface area contributed by atoms with Crippen LogP contribution in [-0.2, 0) is 23.1 Å². The van der Waals surface area contributed by atoms with E-state index in [0.717, 1.165) is 5.57 Å². The molecular weight excluding hydrogens is 1330 g/mol. The molecule has 0 amide bonds. The Morgan fingerprint density at radius 1 is 0.833 bits per heavy atom. The molecule has 0 aromatic rings. The number of carbonyl (C=O) groups excluding carboxylic acids is 1. The quantitative estimate of drug-likeness (QED) is 0.0697. The smallest absolute Gasteiger partial charge is 0.426 e. The lowest BCUT2D eigenvalue weighted by Crippen LogP contribution is -2.74. The van der Waals surface area contributed by atoms with Crippen molar-refractivity contribution in [1.82, 2.24) is 0 Å². The third kappa shape index (κ3) is 13.6. The number of carbonyl (C=O) groups is 1. The predicted molar refractivity (Wildman–Crippen MR) is 349 cm³/mol. The molecule has 29 atom stereocenters. The Morgan fingerprint density at radius 2 is 1.38 bits per heavy atom. The molecule has 1 aliphatic heterocycles. The van der Waals surface area contributed by atoms with Gasteiger partial charge in [-0.3, -0.25) is 4.57 Å². The summed E-state index contributed by atoms with van der Waals surface area (Å²) in [5.41, 5.74) is -3.04. The molecule has 0 aromatic carbocycles. The van der Waals surface area contributed by atoms with Crippen LogP contribution in [0.1, 0.15) is 47.0 Å². The van der Waals surface area contributed by atoms with Crippen LogP contribution in [0.15, 0.2) is 11.1 Å². The van der Waals surface area contributed by atoms with Crippen LogP contribution in [0.25, 0.3) is 0 Å². The molecule has 3 aliphatic carbocycles. The second-order valence-electron chi connectivity index (χ2n) is 15.0. The lowest BCUT2D eigenvalue weighted by Gasteiger charge is -2.65. The molecule has 0 radical (unpaired) electrons. The normalized spacial score (nSPS) is 35.6. The summed E-state index contributed by atoms with van der Waals surface area (Å²) in [6.07, 6.45) is -3.43. The number of aliphatic hydroxyl groups excluding tert-OH is 2. The van der Waals surface area contributed by atoms with Gasteiger partial charge in [-0.25, -0.2) is 4.79 Å². The molecule has 39 heteroatoms. The van der Waals surface area contributed by atoms with E-state index < -0.39 is 157 Å². The first-order chi connectivity index (χ1) is 27.6. The fourth-order valence-electron chi connectivity index (χ4n) is 9.09. The summed E-state index contributed by atoms with van der Waals surface area (Å²) in [5, 5.41) is 36.6. The average molecular weight is 1390 g/mol. The van der Waals surface area contributed by atoms with Crippen molar-refractivity contribution in [3.63, 3.8) is 0 Å². The van der Waals surface area contributed by atoms with Crippen LogP contribution in [0.5, 0.6) is 0 Å². The highest BCUT2D eigenvalue weighted by Crippen LogP contribution is 3.19. The van der Waals surface area contributed by atoms with Crippen LogP contribution in [0.2, 0.25) is 0 Å². The first-order valence-corrected chi connectivity index (χ1v) is 69.5. The molecule has 1 spiro atoms. The summed E-state index contributed by atoms with van der Waals surface area (Å²) >= 11 is 0. The number of ether oxygens (including phenoxy) is 2. The first kappa shape index (κ1) is 63.9. The Labute approximate surface area is 410 Å². The molecule has 3 fully saturated rings. The summed E-state index contributed by atoms with van der Waals surface area (Å²) in [4.78, 5) is 14.2. The summed E-state index contributed by atoms with van der Waals surface area (Å²) < 4.78 is 42.1. The third-order valence-corrected chi connectivity index (χ3v) is 154. The summed E-state index contributed by atoms with van der Waals surface area (Å²) in [7, 11) is 43.3. The molecule has 2 saturated carbocycles. The highest BCUT2D eigenvalue weighted by molar-refractivity contribution is 9.20.